The van der Waals surface area contributed by atoms with Crippen LogP contribution in [-0.4, -0.2) is 30.8 Å². The number of hydrogen-bond donors (Lipinski definition) is 3. The quantitative estimate of drug-likeness (QED) is 0.290. The number of nitrogens with zero attached hydrogens (tertiary/aromatic N) is 4. The lowest BCUT2D eigenvalue weighted by Gasteiger charge is -2.08. The second-order valence-corrected chi connectivity index (χ2v) is 4.86. The van der Waals surface area contributed by atoms with Crippen molar-refractivity contribution in [2.45, 2.75) is 0 Å². The van der Waals surface area contributed by atoms with Crippen molar-refractivity contribution in [1.82, 2.24) is 30.3 Å². The standard InChI is InChI=1S/C15H11N7O/c16-22-15(23)14-13(18-5-6-19-14)11-7-20-10-2-1-9-8(3-4-17-9)12(10)21-11/h1-7,21H,16H2,(H,22,23). The summed E-state index contributed by atoms with van der Waals surface area (Å²) in [7, 11) is 0. The number of rotatable bonds is 2. The maximum Gasteiger partial charge on any atom is 0.286 e. The molecular weight excluding hydrogens is 294 g/mol. The van der Waals surface area contributed by atoms with E-state index < -0.39 is 5.91 Å². The lowest BCUT2D eigenvalue weighted by atomic mass is 10.2. The Hall–Kier alpha value is -3.39. The first-order valence-electron chi connectivity index (χ1n) is 6.82. The third kappa shape index (κ3) is 2.09. The fraction of sp³-hybridized carbons (Fsp3) is 0. The SMILES string of the molecule is NNC(=O)c1nccnc1-c1cnc2ccc3nccc3c2[nH]1. The monoisotopic (exact) mass is 305 g/mol. The van der Waals surface area contributed by atoms with Gasteiger partial charge in [0.05, 0.1) is 28.4 Å². The molecule has 3 heterocycles. The summed E-state index contributed by atoms with van der Waals surface area (Å²) in [5, 5.41) is 0.950. The molecule has 0 aliphatic carbocycles. The number of aromatic amines is 1. The van der Waals surface area contributed by atoms with Gasteiger partial charge < -0.3 is 4.98 Å². The molecule has 4 aromatic rings. The Morgan fingerprint density at radius 2 is 1.83 bits per heavy atom. The Morgan fingerprint density at radius 3 is 2.70 bits per heavy atom. The first kappa shape index (κ1) is 13.3. The molecule has 112 valence electrons. The van der Waals surface area contributed by atoms with Crippen LogP contribution in [0, 0.1) is 0 Å². The molecule has 0 atom stereocenters. The zero-order chi connectivity index (χ0) is 15.8. The van der Waals surface area contributed by atoms with Crippen LogP contribution in [0.3, 0.4) is 0 Å². The van der Waals surface area contributed by atoms with E-state index in [4.69, 9.17) is 5.84 Å². The number of hydrazine groups is 1. The van der Waals surface area contributed by atoms with Gasteiger partial charge in [0.15, 0.2) is 5.69 Å². The summed E-state index contributed by atoms with van der Waals surface area (Å²) in [6, 6.07) is 5.70. The molecule has 4 rings (SSSR count). The van der Waals surface area contributed by atoms with Crippen molar-refractivity contribution in [3.05, 3.63) is 48.7 Å². The van der Waals surface area contributed by atoms with E-state index in [9.17, 15) is 4.79 Å². The second-order valence-electron chi connectivity index (χ2n) is 4.86. The minimum atomic E-state index is -0.519. The zero-order valence-electron chi connectivity index (χ0n) is 11.8. The summed E-state index contributed by atoms with van der Waals surface area (Å²) < 4.78 is 0. The Bertz CT molecular complexity index is 1040. The van der Waals surface area contributed by atoms with Crippen LogP contribution in [0.1, 0.15) is 10.5 Å². The van der Waals surface area contributed by atoms with Crippen molar-refractivity contribution in [1.29, 1.82) is 0 Å². The largest absolute Gasteiger partial charge is 0.350 e. The van der Waals surface area contributed by atoms with Gasteiger partial charge in [-0.3, -0.25) is 25.2 Å². The van der Waals surface area contributed by atoms with Crippen molar-refractivity contribution < 1.29 is 4.79 Å². The summed E-state index contributed by atoms with van der Waals surface area (Å²) in [5.74, 6) is 4.68. The molecule has 0 saturated carbocycles. The molecule has 0 saturated heterocycles. The van der Waals surface area contributed by atoms with Gasteiger partial charge in [0.25, 0.3) is 5.91 Å². The van der Waals surface area contributed by atoms with Crippen molar-refractivity contribution >= 4 is 27.8 Å². The number of nitrogens with two attached hydrogens (primary N) is 1. The molecule has 0 aliphatic heterocycles. The number of carbonyl (C=O) groups excluding carboxylic acids is 1. The van der Waals surface area contributed by atoms with E-state index in [1.165, 1.54) is 12.4 Å². The highest BCUT2D eigenvalue weighted by Gasteiger charge is 2.16. The molecular formula is C15H11N7O. The minimum absolute atomic E-state index is 0.125. The molecule has 23 heavy (non-hydrogen) atoms. The van der Waals surface area contributed by atoms with Crippen LogP contribution in [0.25, 0.3) is 33.3 Å². The molecule has 0 bridgehead atoms. The predicted molar refractivity (Wildman–Crippen MR) is 84.1 cm³/mol. The maximum atomic E-state index is 11.9. The normalized spacial score (nSPS) is 11.0. The van der Waals surface area contributed by atoms with Crippen LogP contribution in [0.15, 0.2) is 43.0 Å². The summed E-state index contributed by atoms with van der Waals surface area (Å²) >= 11 is 0. The van der Waals surface area contributed by atoms with Crippen molar-refractivity contribution in [2.75, 3.05) is 0 Å². The van der Waals surface area contributed by atoms with Gasteiger partial charge in [0.2, 0.25) is 0 Å². The number of nitrogen functional groups attached to an aromatic ring is 1. The van der Waals surface area contributed by atoms with Gasteiger partial charge in [-0.15, -0.1) is 0 Å². The van der Waals surface area contributed by atoms with E-state index in [-0.39, 0.29) is 5.69 Å². The highest BCUT2D eigenvalue weighted by Crippen LogP contribution is 2.25. The number of carbonyl (C=O) groups is 1. The fourth-order valence-corrected chi connectivity index (χ4v) is 2.50. The topological polar surface area (TPSA) is 122 Å². The smallest absolute Gasteiger partial charge is 0.286 e. The Labute approximate surface area is 129 Å². The van der Waals surface area contributed by atoms with E-state index in [1.54, 1.807) is 12.4 Å². The Kier molecular flexibility index (Phi) is 2.95. The number of amides is 1. The maximum absolute atomic E-state index is 11.9. The number of H-pyrrole nitrogens is 1. The molecule has 3 aromatic heterocycles. The van der Waals surface area contributed by atoms with E-state index in [2.05, 4.69) is 30.3 Å². The van der Waals surface area contributed by atoms with E-state index in [0.717, 1.165) is 21.9 Å². The molecule has 1 aromatic carbocycles. The third-order valence-electron chi connectivity index (χ3n) is 3.55. The van der Waals surface area contributed by atoms with Gasteiger partial charge in [-0.05, 0) is 18.2 Å². The van der Waals surface area contributed by atoms with E-state index in [0.29, 0.717) is 11.4 Å². The summed E-state index contributed by atoms with van der Waals surface area (Å²) in [6.07, 6.45) is 6.29. The molecule has 8 nitrogen and oxygen atoms in total. The van der Waals surface area contributed by atoms with Crippen molar-refractivity contribution in [3.8, 4) is 11.4 Å². The van der Waals surface area contributed by atoms with Crippen LogP contribution < -0.4 is 11.3 Å². The number of hydrogen-bond acceptors (Lipinski definition) is 6. The Morgan fingerprint density at radius 1 is 1.00 bits per heavy atom. The van der Waals surface area contributed by atoms with E-state index in [1.807, 2.05) is 18.2 Å². The highest BCUT2D eigenvalue weighted by atomic mass is 16.2. The summed E-state index contributed by atoms with van der Waals surface area (Å²) in [5.41, 5.74) is 5.62. The fourth-order valence-electron chi connectivity index (χ4n) is 2.50. The molecule has 0 aliphatic rings. The van der Waals surface area contributed by atoms with Gasteiger partial charge in [-0.2, -0.15) is 0 Å². The summed E-state index contributed by atoms with van der Waals surface area (Å²) in [6.45, 7) is 0. The number of nitrogens with one attached hydrogen (secondary N) is 2. The van der Waals surface area contributed by atoms with Crippen LogP contribution in [0.5, 0.6) is 0 Å². The molecule has 0 spiro atoms. The number of fused-ring (bicyclic) bond motifs is 3. The molecule has 8 heteroatoms. The Balaban J connectivity index is 1.98. The first-order valence-corrected chi connectivity index (χ1v) is 6.82. The summed E-state index contributed by atoms with van der Waals surface area (Å²) in [4.78, 5) is 32.1. The van der Waals surface area contributed by atoms with Gasteiger partial charge in [-0.25, -0.2) is 10.8 Å². The average Bonchev–Trinajstić information content (AvgIpc) is 3.10. The van der Waals surface area contributed by atoms with Crippen LogP contribution in [0.2, 0.25) is 0 Å². The predicted octanol–water partition coefficient (Wildman–Crippen LogP) is 1.17. The van der Waals surface area contributed by atoms with Gasteiger partial charge in [-0.1, -0.05) is 0 Å². The van der Waals surface area contributed by atoms with Crippen LogP contribution in [-0.2, 0) is 0 Å². The molecule has 0 radical (unpaired) electrons. The highest BCUT2D eigenvalue weighted by molar-refractivity contribution is 6.03. The van der Waals surface area contributed by atoms with Crippen LogP contribution in [0.4, 0.5) is 0 Å². The molecule has 0 fully saturated rings. The minimum Gasteiger partial charge on any atom is -0.350 e. The number of benzene rings is 1. The molecule has 4 N–H and O–H groups in total. The average molecular weight is 305 g/mol. The number of aromatic nitrogens is 5. The lowest BCUT2D eigenvalue weighted by molar-refractivity contribution is 0.0949. The lowest BCUT2D eigenvalue weighted by Crippen LogP contribution is -2.31. The first-order chi connectivity index (χ1) is 11.3. The van der Waals surface area contributed by atoms with Crippen LogP contribution >= 0.6 is 0 Å². The van der Waals surface area contributed by atoms with Gasteiger partial charge in [0, 0.05) is 24.0 Å². The third-order valence-corrected chi connectivity index (χ3v) is 3.55. The van der Waals surface area contributed by atoms with Gasteiger partial charge >= 0.3 is 0 Å². The van der Waals surface area contributed by atoms with Crippen molar-refractivity contribution in [2.24, 2.45) is 5.84 Å². The van der Waals surface area contributed by atoms with E-state index >= 15 is 0 Å². The molecule has 0 unspecified atom stereocenters. The van der Waals surface area contributed by atoms with Gasteiger partial charge in [0.1, 0.15) is 5.69 Å². The second kappa shape index (κ2) is 5.11. The van der Waals surface area contributed by atoms with Crippen molar-refractivity contribution in [3.63, 3.8) is 0 Å². The zero-order valence-corrected chi connectivity index (χ0v) is 11.8. The molecule has 1 amide bonds.